The zero-order valence-corrected chi connectivity index (χ0v) is 10.5. The fraction of sp³-hybridized carbons (Fsp3) is 0.125. The molecule has 0 amide bonds. The van der Waals surface area contributed by atoms with E-state index in [1.54, 1.807) is 0 Å². The van der Waals surface area contributed by atoms with Crippen LogP contribution in [0.2, 0.25) is 0 Å². The summed E-state index contributed by atoms with van der Waals surface area (Å²) in [7, 11) is 0. The Morgan fingerprint density at radius 1 is 0.611 bits per heavy atom. The van der Waals surface area contributed by atoms with Crippen molar-refractivity contribution in [3.63, 3.8) is 0 Å². The molecule has 2 heteroatoms. The third-order valence-electron chi connectivity index (χ3n) is 2.49. The standard InChI is InChI=1S/C16H14N2/c1-13-3-7-15(8-4-13)17-11-12-18-16-9-5-14(2)6-10-16/h3-10H,1-2H3. The molecule has 0 fully saturated rings. The average Bonchev–Trinajstić information content (AvgIpc) is 2.39. The third kappa shape index (κ3) is 3.57. The fourth-order valence-corrected chi connectivity index (χ4v) is 1.42. The Labute approximate surface area is 107 Å². The summed E-state index contributed by atoms with van der Waals surface area (Å²) in [6.45, 7) is 4.09. The molecule has 0 unspecified atom stereocenters. The largest absolute Gasteiger partial charge is 0.196 e. The zero-order chi connectivity index (χ0) is 12.8. The van der Waals surface area contributed by atoms with E-state index < -0.39 is 0 Å². The lowest BCUT2D eigenvalue weighted by Crippen LogP contribution is -1.69. The highest BCUT2D eigenvalue weighted by Gasteiger charge is 1.86. The molecule has 0 aromatic heterocycles. The Hall–Kier alpha value is -2.40. The van der Waals surface area contributed by atoms with Gasteiger partial charge in [0.2, 0.25) is 0 Å². The number of hydrogen-bond acceptors (Lipinski definition) is 2. The SMILES string of the molecule is Cc1ccc(N=C=C=Nc2ccc(C)cc2)cc1. The maximum absolute atomic E-state index is 4.13. The van der Waals surface area contributed by atoms with Gasteiger partial charge in [0.05, 0.1) is 23.1 Å². The van der Waals surface area contributed by atoms with Crippen LogP contribution in [0.4, 0.5) is 11.4 Å². The normalized spacial score (nSPS) is 9.22. The van der Waals surface area contributed by atoms with E-state index >= 15 is 0 Å². The highest BCUT2D eigenvalue weighted by molar-refractivity contribution is 5.90. The molecule has 0 bridgehead atoms. The molecule has 2 aromatic rings. The summed E-state index contributed by atoms with van der Waals surface area (Å²) in [5.41, 5.74) is 4.14. The maximum Gasteiger partial charge on any atom is 0.0737 e. The molecule has 0 heterocycles. The van der Waals surface area contributed by atoms with Gasteiger partial charge in [-0.1, -0.05) is 35.4 Å². The predicted octanol–water partition coefficient (Wildman–Crippen LogP) is 4.16. The molecule has 0 N–H and O–H groups in total. The van der Waals surface area contributed by atoms with Gasteiger partial charge in [-0.05, 0) is 38.1 Å². The summed E-state index contributed by atoms with van der Waals surface area (Å²) < 4.78 is 0. The minimum absolute atomic E-state index is 0.854. The van der Waals surface area contributed by atoms with Gasteiger partial charge < -0.3 is 0 Å². The summed E-state index contributed by atoms with van der Waals surface area (Å²) in [4.78, 5) is 8.25. The highest BCUT2D eigenvalue weighted by Crippen LogP contribution is 2.12. The maximum atomic E-state index is 4.13. The average molecular weight is 234 g/mol. The van der Waals surface area contributed by atoms with Gasteiger partial charge in [0.25, 0.3) is 0 Å². The summed E-state index contributed by atoms with van der Waals surface area (Å²) in [6.07, 6.45) is 0. The topological polar surface area (TPSA) is 24.7 Å². The Morgan fingerprint density at radius 2 is 0.944 bits per heavy atom. The molecule has 0 aliphatic heterocycles. The summed E-state index contributed by atoms with van der Waals surface area (Å²) >= 11 is 0. The van der Waals surface area contributed by atoms with Crippen molar-refractivity contribution in [1.82, 2.24) is 0 Å². The molecule has 0 aliphatic carbocycles. The first-order valence-corrected chi connectivity index (χ1v) is 5.79. The molecule has 0 atom stereocenters. The number of hydrogen-bond donors (Lipinski definition) is 0. The van der Waals surface area contributed by atoms with Crippen LogP contribution in [-0.4, -0.2) is 11.7 Å². The van der Waals surface area contributed by atoms with Gasteiger partial charge in [0.1, 0.15) is 0 Å². The number of rotatable bonds is 2. The quantitative estimate of drug-likeness (QED) is 0.697. The van der Waals surface area contributed by atoms with Crippen molar-refractivity contribution < 1.29 is 0 Å². The van der Waals surface area contributed by atoms with Crippen molar-refractivity contribution in [1.29, 1.82) is 0 Å². The molecule has 0 spiro atoms. The van der Waals surface area contributed by atoms with Gasteiger partial charge in [-0.15, -0.1) is 0 Å². The summed E-state index contributed by atoms with van der Waals surface area (Å²) in [5, 5.41) is 0. The van der Waals surface area contributed by atoms with E-state index in [0.29, 0.717) is 0 Å². The number of aliphatic imine (C=N–C) groups is 2. The van der Waals surface area contributed by atoms with Crippen LogP contribution in [0.15, 0.2) is 58.5 Å². The molecule has 88 valence electrons. The second-order valence-electron chi connectivity index (χ2n) is 4.12. The molecule has 18 heavy (non-hydrogen) atoms. The molecule has 0 radical (unpaired) electrons. The van der Waals surface area contributed by atoms with E-state index in [1.165, 1.54) is 11.1 Å². The van der Waals surface area contributed by atoms with E-state index in [9.17, 15) is 0 Å². The van der Waals surface area contributed by atoms with E-state index in [-0.39, 0.29) is 0 Å². The summed E-state index contributed by atoms with van der Waals surface area (Å²) in [6, 6.07) is 15.8. The van der Waals surface area contributed by atoms with Crippen molar-refractivity contribution >= 4 is 23.1 Å². The van der Waals surface area contributed by atoms with Crippen LogP contribution in [0.25, 0.3) is 0 Å². The van der Waals surface area contributed by atoms with E-state index in [0.717, 1.165) is 11.4 Å². The van der Waals surface area contributed by atoms with Crippen molar-refractivity contribution in [3.05, 3.63) is 59.7 Å². The Morgan fingerprint density at radius 3 is 1.28 bits per heavy atom. The molecular formula is C16H14N2. The number of nitrogens with zero attached hydrogens (tertiary/aromatic N) is 2. The smallest absolute Gasteiger partial charge is 0.0737 e. The predicted molar refractivity (Wildman–Crippen MR) is 76.5 cm³/mol. The van der Waals surface area contributed by atoms with Gasteiger partial charge >= 0.3 is 0 Å². The lowest BCUT2D eigenvalue weighted by Gasteiger charge is -1.91. The van der Waals surface area contributed by atoms with Gasteiger partial charge in [0, 0.05) is 0 Å². The van der Waals surface area contributed by atoms with Crippen LogP contribution in [0.1, 0.15) is 11.1 Å². The van der Waals surface area contributed by atoms with Crippen LogP contribution in [0.3, 0.4) is 0 Å². The zero-order valence-electron chi connectivity index (χ0n) is 10.5. The highest BCUT2D eigenvalue weighted by atomic mass is 14.7. The van der Waals surface area contributed by atoms with Crippen LogP contribution in [0, 0.1) is 13.8 Å². The van der Waals surface area contributed by atoms with E-state index in [1.807, 2.05) is 62.4 Å². The van der Waals surface area contributed by atoms with Crippen LogP contribution >= 0.6 is 0 Å². The Bertz CT molecular complexity index is 552. The molecule has 2 nitrogen and oxygen atoms in total. The minimum Gasteiger partial charge on any atom is -0.196 e. The van der Waals surface area contributed by atoms with Gasteiger partial charge in [-0.2, -0.15) is 9.98 Å². The number of aryl methyl sites for hydroxylation is 2. The van der Waals surface area contributed by atoms with Gasteiger partial charge in [0.15, 0.2) is 0 Å². The Kier molecular flexibility index (Phi) is 3.88. The molecule has 2 aromatic carbocycles. The summed E-state index contributed by atoms with van der Waals surface area (Å²) in [5.74, 6) is 5.39. The molecular weight excluding hydrogens is 220 g/mol. The van der Waals surface area contributed by atoms with Gasteiger partial charge in [-0.3, -0.25) is 0 Å². The second-order valence-corrected chi connectivity index (χ2v) is 4.12. The van der Waals surface area contributed by atoms with Crippen molar-refractivity contribution in [2.45, 2.75) is 13.8 Å². The van der Waals surface area contributed by atoms with Crippen molar-refractivity contribution in [3.8, 4) is 0 Å². The first-order chi connectivity index (χ1) is 8.74. The van der Waals surface area contributed by atoms with Crippen molar-refractivity contribution in [2.24, 2.45) is 9.98 Å². The molecule has 2 rings (SSSR count). The lowest BCUT2D eigenvalue weighted by atomic mass is 10.2. The van der Waals surface area contributed by atoms with E-state index in [4.69, 9.17) is 0 Å². The molecule has 0 saturated heterocycles. The Balaban J connectivity index is 2.15. The second kappa shape index (κ2) is 5.79. The number of benzene rings is 2. The molecule has 0 saturated carbocycles. The van der Waals surface area contributed by atoms with Gasteiger partial charge in [-0.25, -0.2) is 0 Å². The third-order valence-corrected chi connectivity index (χ3v) is 2.49. The van der Waals surface area contributed by atoms with E-state index in [2.05, 4.69) is 21.7 Å². The molecule has 0 aliphatic rings. The van der Waals surface area contributed by atoms with Crippen LogP contribution in [-0.2, 0) is 0 Å². The van der Waals surface area contributed by atoms with Crippen LogP contribution < -0.4 is 0 Å². The monoisotopic (exact) mass is 234 g/mol. The lowest BCUT2D eigenvalue weighted by molar-refractivity contribution is 1.44. The minimum atomic E-state index is 0.854. The van der Waals surface area contributed by atoms with Crippen LogP contribution in [0.5, 0.6) is 0 Å². The first kappa shape index (κ1) is 12.1. The van der Waals surface area contributed by atoms with Crippen molar-refractivity contribution in [2.75, 3.05) is 0 Å². The first-order valence-electron chi connectivity index (χ1n) is 5.79. The fourth-order valence-electron chi connectivity index (χ4n) is 1.42.